The van der Waals surface area contributed by atoms with E-state index in [1.54, 1.807) is 0 Å². The number of ether oxygens (including phenoxy) is 1. The Morgan fingerprint density at radius 2 is 2.28 bits per heavy atom. The van der Waals surface area contributed by atoms with Crippen molar-refractivity contribution in [3.05, 3.63) is 22.7 Å². The molecule has 1 aliphatic heterocycles. The molecule has 1 atom stereocenters. The predicted octanol–water partition coefficient (Wildman–Crippen LogP) is 1.43. The maximum Gasteiger partial charge on any atom is 0.330 e. The molecule has 0 aromatic rings. The third-order valence-electron chi connectivity index (χ3n) is 3.44. The highest BCUT2D eigenvalue weighted by Crippen LogP contribution is 2.31. The van der Waals surface area contributed by atoms with Gasteiger partial charge in [0.2, 0.25) is 0 Å². The van der Waals surface area contributed by atoms with Crippen LogP contribution in [-0.4, -0.2) is 49.2 Å². The van der Waals surface area contributed by atoms with Gasteiger partial charge in [-0.1, -0.05) is 28.1 Å². The van der Waals surface area contributed by atoms with Gasteiger partial charge in [-0.3, -0.25) is 4.90 Å². The molecular formula is C13H19BrN2O2. The Morgan fingerprint density at radius 1 is 1.56 bits per heavy atom. The van der Waals surface area contributed by atoms with E-state index in [0.717, 1.165) is 30.7 Å². The number of rotatable bonds is 3. The second-order valence-electron chi connectivity index (χ2n) is 4.51. The van der Waals surface area contributed by atoms with Gasteiger partial charge in [0.15, 0.2) is 0 Å². The second-order valence-corrected chi connectivity index (χ2v) is 5.42. The molecule has 2 aliphatic rings. The van der Waals surface area contributed by atoms with E-state index >= 15 is 0 Å². The third kappa shape index (κ3) is 2.68. The number of esters is 1. The average molecular weight is 315 g/mol. The first kappa shape index (κ1) is 13.8. The van der Waals surface area contributed by atoms with E-state index in [0.29, 0.717) is 13.0 Å². The first-order valence-corrected chi connectivity index (χ1v) is 7.16. The van der Waals surface area contributed by atoms with Crippen LogP contribution in [0.2, 0.25) is 0 Å². The predicted molar refractivity (Wildman–Crippen MR) is 74.6 cm³/mol. The summed E-state index contributed by atoms with van der Waals surface area (Å²) in [7, 11) is 0. The molecule has 4 nitrogen and oxygen atoms in total. The Kier molecular flexibility index (Phi) is 4.59. The van der Waals surface area contributed by atoms with Gasteiger partial charge in [-0.2, -0.15) is 0 Å². The van der Waals surface area contributed by atoms with Crippen LogP contribution in [-0.2, 0) is 9.53 Å². The van der Waals surface area contributed by atoms with E-state index in [1.165, 1.54) is 0 Å². The number of nitrogens with one attached hydrogen (secondary N) is 1. The maximum absolute atomic E-state index is 12.3. The normalized spacial score (nSPS) is 28.9. The minimum Gasteiger partial charge on any atom is -0.464 e. The fraction of sp³-hybridized carbons (Fsp3) is 0.615. The molecular weight excluding hydrogens is 296 g/mol. The van der Waals surface area contributed by atoms with E-state index in [4.69, 9.17) is 4.74 Å². The Morgan fingerprint density at radius 3 is 2.83 bits per heavy atom. The van der Waals surface area contributed by atoms with Crippen molar-refractivity contribution in [2.24, 2.45) is 0 Å². The Balaban J connectivity index is 2.22. The highest BCUT2D eigenvalue weighted by Gasteiger charge is 2.43. The molecule has 0 aromatic carbocycles. The average Bonchev–Trinajstić information content (AvgIpc) is 2.41. The van der Waals surface area contributed by atoms with Crippen molar-refractivity contribution < 1.29 is 9.53 Å². The largest absolute Gasteiger partial charge is 0.464 e. The molecule has 5 heteroatoms. The van der Waals surface area contributed by atoms with Crippen LogP contribution in [0, 0.1) is 0 Å². The van der Waals surface area contributed by atoms with Gasteiger partial charge in [0.1, 0.15) is 5.54 Å². The maximum atomic E-state index is 12.3. The number of nitrogens with zero attached hydrogens (tertiary/aromatic N) is 1. The zero-order chi connectivity index (χ0) is 13.0. The van der Waals surface area contributed by atoms with Crippen molar-refractivity contribution in [3.63, 3.8) is 0 Å². The summed E-state index contributed by atoms with van der Waals surface area (Å²) in [6.45, 7) is 5.84. The number of halogens is 1. The summed E-state index contributed by atoms with van der Waals surface area (Å²) < 4.78 is 6.30. The fourth-order valence-corrected chi connectivity index (χ4v) is 2.74. The molecule has 1 saturated heterocycles. The minimum absolute atomic E-state index is 0.139. The molecule has 1 N–H and O–H groups in total. The van der Waals surface area contributed by atoms with E-state index in [-0.39, 0.29) is 5.97 Å². The SMILES string of the molecule is CCOC(=O)[C@]1(N2CCNCC2)C=CC(Br)=CC1. The summed E-state index contributed by atoms with van der Waals surface area (Å²) in [4.78, 5) is 14.6. The molecule has 100 valence electrons. The van der Waals surface area contributed by atoms with E-state index < -0.39 is 5.54 Å². The lowest BCUT2D eigenvalue weighted by molar-refractivity contribution is -0.155. The van der Waals surface area contributed by atoms with Crippen LogP contribution in [0.5, 0.6) is 0 Å². The summed E-state index contributed by atoms with van der Waals surface area (Å²) >= 11 is 3.44. The van der Waals surface area contributed by atoms with Gasteiger partial charge >= 0.3 is 5.97 Å². The van der Waals surface area contributed by atoms with Crippen LogP contribution >= 0.6 is 15.9 Å². The lowest BCUT2D eigenvalue weighted by Crippen LogP contribution is -2.60. The van der Waals surface area contributed by atoms with Gasteiger partial charge in [0, 0.05) is 30.7 Å². The van der Waals surface area contributed by atoms with E-state index in [2.05, 4.69) is 26.1 Å². The van der Waals surface area contributed by atoms with Crippen molar-refractivity contribution in [1.29, 1.82) is 0 Å². The number of carbonyl (C=O) groups is 1. The van der Waals surface area contributed by atoms with Gasteiger partial charge in [0.05, 0.1) is 6.61 Å². The molecule has 1 heterocycles. The van der Waals surface area contributed by atoms with Crippen LogP contribution in [0.4, 0.5) is 0 Å². The number of piperazine rings is 1. The summed E-state index contributed by atoms with van der Waals surface area (Å²) in [5.41, 5.74) is -0.616. The van der Waals surface area contributed by atoms with Crippen LogP contribution in [0.25, 0.3) is 0 Å². The summed E-state index contributed by atoms with van der Waals surface area (Å²) in [6, 6.07) is 0. The van der Waals surface area contributed by atoms with Crippen LogP contribution in [0.1, 0.15) is 13.3 Å². The molecule has 18 heavy (non-hydrogen) atoms. The molecule has 0 saturated carbocycles. The summed E-state index contributed by atoms with van der Waals surface area (Å²) in [6.07, 6.45) is 6.63. The first-order chi connectivity index (χ1) is 8.69. The van der Waals surface area contributed by atoms with Crippen LogP contribution in [0.3, 0.4) is 0 Å². The van der Waals surface area contributed by atoms with Gasteiger partial charge in [-0.05, 0) is 19.4 Å². The number of hydrogen-bond donors (Lipinski definition) is 1. The standard InChI is InChI=1S/C13H19BrN2O2/c1-2-18-12(17)13(5-3-11(14)4-6-13)16-9-7-15-8-10-16/h3-5,15H,2,6-10H2,1H3/t13-/m0/s1. The van der Waals surface area contributed by atoms with Crippen LogP contribution in [0.15, 0.2) is 22.7 Å². The van der Waals surface area contributed by atoms with Gasteiger partial charge in [-0.15, -0.1) is 0 Å². The van der Waals surface area contributed by atoms with Crippen molar-refractivity contribution >= 4 is 21.9 Å². The topological polar surface area (TPSA) is 41.6 Å². The van der Waals surface area contributed by atoms with Crippen LogP contribution < -0.4 is 5.32 Å². The van der Waals surface area contributed by atoms with Gasteiger partial charge in [-0.25, -0.2) is 4.79 Å². The Labute approximate surface area is 116 Å². The number of allylic oxidation sites excluding steroid dienone is 2. The highest BCUT2D eigenvalue weighted by molar-refractivity contribution is 9.11. The molecule has 0 bridgehead atoms. The zero-order valence-corrected chi connectivity index (χ0v) is 12.2. The molecule has 0 radical (unpaired) electrons. The molecule has 2 rings (SSSR count). The Bertz CT molecular complexity index is 375. The van der Waals surface area contributed by atoms with Crippen molar-refractivity contribution in [2.75, 3.05) is 32.8 Å². The lowest BCUT2D eigenvalue weighted by atomic mass is 9.88. The fourth-order valence-electron chi connectivity index (χ4n) is 2.44. The summed E-state index contributed by atoms with van der Waals surface area (Å²) in [5, 5.41) is 3.31. The summed E-state index contributed by atoms with van der Waals surface area (Å²) in [5.74, 6) is -0.139. The van der Waals surface area contributed by atoms with Gasteiger partial charge in [0.25, 0.3) is 0 Å². The highest BCUT2D eigenvalue weighted by atomic mass is 79.9. The molecule has 1 fully saturated rings. The van der Waals surface area contributed by atoms with Crippen molar-refractivity contribution in [1.82, 2.24) is 10.2 Å². The monoisotopic (exact) mass is 314 g/mol. The molecule has 0 amide bonds. The molecule has 0 aromatic heterocycles. The van der Waals surface area contributed by atoms with Gasteiger partial charge < -0.3 is 10.1 Å². The smallest absolute Gasteiger partial charge is 0.330 e. The molecule has 1 aliphatic carbocycles. The zero-order valence-electron chi connectivity index (χ0n) is 10.6. The van der Waals surface area contributed by atoms with E-state index in [1.807, 2.05) is 25.2 Å². The first-order valence-electron chi connectivity index (χ1n) is 6.37. The van der Waals surface area contributed by atoms with Crippen molar-refractivity contribution in [2.45, 2.75) is 18.9 Å². The lowest BCUT2D eigenvalue weighted by Gasteiger charge is -2.42. The molecule has 0 spiro atoms. The second kappa shape index (κ2) is 5.99. The minimum atomic E-state index is -0.616. The van der Waals surface area contributed by atoms with E-state index in [9.17, 15) is 4.79 Å². The number of carbonyl (C=O) groups excluding carboxylic acids is 1. The number of hydrogen-bond acceptors (Lipinski definition) is 4. The third-order valence-corrected chi connectivity index (χ3v) is 4.02. The Hall–Kier alpha value is -0.650. The molecule has 0 unspecified atom stereocenters. The quantitative estimate of drug-likeness (QED) is 0.800. The van der Waals surface area contributed by atoms with Crippen molar-refractivity contribution in [3.8, 4) is 0 Å².